The van der Waals surface area contributed by atoms with Gasteiger partial charge in [0.2, 0.25) is 0 Å². The lowest BCUT2D eigenvalue weighted by atomic mass is 9.87. The Morgan fingerprint density at radius 3 is 2.28 bits per heavy atom. The normalized spacial score (nSPS) is 11.3. The highest BCUT2D eigenvalue weighted by Gasteiger charge is 2.13. The zero-order valence-corrected chi connectivity index (χ0v) is 12.2. The molecule has 1 amide bonds. The van der Waals surface area contributed by atoms with E-state index in [1.54, 1.807) is 0 Å². The molecule has 1 aromatic carbocycles. The number of carbonyl (C=O) groups is 1. The first kappa shape index (κ1) is 15.0. The van der Waals surface area contributed by atoms with Gasteiger partial charge in [-0.25, -0.2) is 0 Å². The van der Waals surface area contributed by atoms with Crippen LogP contribution in [-0.2, 0) is 5.41 Å². The number of halogens is 1. The minimum Gasteiger partial charge on any atom is -0.352 e. The summed E-state index contributed by atoms with van der Waals surface area (Å²) < 4.78 is 0. The number of hydrogen-bond donors (Lipinski definition) is 1. The van der Waals surface area contributed by atoms with Crippen molar-refractivity contribution >= 4 is 17.5 Å². The highest BCUT2D eigenvalue weighted by molar-refractivity contribution is 6.17. The maximum atomic E-state index is 11.8. The van der Waals surface area contributed by atoms with Crippen LogP contribution < -0.4 is 5.32 Å². The molecular formula is C15H22ClNO. The number of alkyl halides is 1. The van der Waals surface area contributed by atoms with Crippen molar-refractivity contribution in [3.05, 3.63) is 35.4 Å². The number of benzene rings is 1. The molecule has 0 radical (unpaired) electrons. The van der Waals surface area contributed by atoms with Crippen LogP contribution in [0.3, 0.4) is 0 Å². The zero-order valence-electron chi connectivity index (χ0n) is 11.4. The van der Waals surface area contributed by atoms with Gasteiger partial charge in [0.25, 0.3) is 5.91 Å². The molecule has 0 unspecified atom stereocenters. The topological polar surface area (TPSA) is 29.1 Å². The van der Waals surface area contributed by atoms with E-state index in [0.29, 0.717) is 18.0 Å². The Hall–Kier alpha value is -1.02. The van der Waals surface area contributed by atoms with Gasteiger partial charge in [-0.15, -0.1) is 11.6 Å². The van der Waals surface area contributed by atoms with Crippen molar-refractivity contribution in [3.8, 4) is 0 Å². The fraction of sp³-hybridized carbons (Fsp3) is 0.533. The molecule has 0 atom stereocenters. The van der Waals surface area contributed by atoms with Gasteiger partial charge in [-0.2, -0.15) is 0 Å². The predicted octanol–water partition coefficient (Wildman–Crippen LogP) is 3.73. The molecule has 0 aromatic heterocycles. The smallest absolute Gasteiger partial charge is 0.251 e. The summed E-state index contributed by atoms with van der Waals surface area (Å²) in [7, 11) is 0. The number of carbonyl (C=O) groups excluding carboxylic acids is 1. The van der Waals surface area contributed by atoms with Gasteiger partial charge in [0.15, 0.2) is 0 Å². The second kappa shape index (κ2) is 6.79. The van der Waals surface area contributed by atoms with Crippen molar-refractivity contribution in [2.75, 3.05) is 12.4 Å². The average Bonchev–Trinajstić information content (AvgIpc) is 2.33. The third-order valence-corrected chi connectivity index (χ3v) is 3.13. The van der Waals surface area contributed by atoms with Crippen LogP contribution in [0, 0.1) is 0 Å². The largest absolute Gasteiger partial charge is 0.352 e. The molecular weight excluding hydrogens is 246 g/mol. The zero-order chi connectivity index (χ0) is 13.6. The van der Waals surface area contributed by atoms with Gasteiger partial charge in [0.1, 0.15) is 0 Å². The lowest BCUT2D eigenvalue weighted by Gasteiger charge is -2.19. The first-order chi connectivity index (χ1) is 8.45. The number of rotatable bonds is 5. The predicted molar refractivity (Wildman–Crippen MR) is 77.4 cm³/mol. The van der Waals surface area contributed by atoms with E-state index < -0.39 is 0 Å². The third kappa shape index (κ3) is 4.69. The van der Waals surface area contributed by atoms with Gasteiger partial charge < -0.3 is 5.32 Å². The van der Waals surface area contributed by atoms with E-state index in [9.17, 15) is 4.79 Å². The van der Waals surface area contributed by atoms with Crippen LogP contribution in [0.25, 0.3) is 0 Å². The van der Waals surface area contributed by atoms with Crippen LogP contribution in [0.4, 0.5) is 0 Å². The number of hydrogen-bond acceptors (Lipinski definition) is 1. The van der Waals surface area contributed by atoms with E-state index in [1.807, 2.05) is 24.3 Å². The summed E-state index contributed by atoms with van der Waals surface area (Å²) in [6.45, 7) is 7.17. The van der Waals surface area contributed by atoms with Crippen LogP contribution in [0.15, 0.2) is 24.3 Å². The standard InChI is InChI=1S/C15H22ClNO/c1-15(2,3)13-8-6-12(7-9-13)14(18)17-11-5-4-10-16/h6-9H,4-5,10-11H2,1-3H3,(H,17,18). The molecule has 0 bridgehead atoms. The van der Waals surface area contributed by atoms with E-state index in [2.05, 4.69) is 26.1 Å². The molecule has 0 heterocycles. The van der Waals surface area contributed by atoms with Gasteiger partial charge in [-0.3, -0.25) is 4.79 Å². The summed E-state index contributed by atoms with van der Waals surface area (Å²) in [6, 6.07) is 7.82. The number of amides is 1. The third-order valence-electron chi connectivity index (χ3n) is 2.86. The molecule has 0 aliphatic rings. The van der Waals surface area contributed by atoms with Gasteiger partial charge >= 0.3 is 0 Å². The maximum absolute atomic E-state index is 11.8. The second-order valence-electron chi connectivity index (χ2n) is 5.48. The van der Waals surface area contributed by atoms with Crippen molar-refractivity contribution in [1.82, 2.24) is 5.32 Å². The van der Waals surface area contributed by atoms with Crippen LogP contribution >= 0.6 is 11.6 Å². The SMILES string of the molecule is CC(C)(C)c1ccc(C(=O)NCCCCCl)cc1. The van der Waals surface area contributed by atoms with Crippen molar-refractivity contribution in [2.45, 2.75) is 39.0 Å². The molecule has 0 aliphatic carbocycles. The quantitative estimate of drug-likeness (QED) is 0.639. The van der Waals surface area contributed by atoms with Crippen LogP contribution in [0.5, 0.6) is 0 Å². The Bertz CT molecular complexity index is 378. The Morgan fingerprint density at radius 1 is 1.17 bits per heavy atom. The van der Waals surface area contributed by atoms with Gasteiger partial charge in [-0.1, -0.05) is 32.9 Å². The highest BCUT2D eigenvalue weighted by Crippen LogP contribution is 2.22. The first-order valence-electron chi connectivity index (χ1n) is 6.40. The van der Waals surface area contributed by atoms with E-state index in [4.69, 9.17) is 11.6 Å². The summed E-state index contributed by atoms with van der Waals surface area (Å²) in [5.41, 5.74) is 2.07. The van der Waals surface area contributed by atoms with E-state index in [0.717, 1.165) is 12.8 Å². The van der Waals surface area contributed by atoms with E-state index in [-0.39, 0.29) is 11.3 Å². The molecule has 3 heteroatoms. The molecule has 18 heavy (non-hydrogen) atoms. The summed E-state index contributed by atoms with van der Waals surface area (Å²) in [4.78, 5) is 11.8. The van der Waals surface area contributed by atoms with Gasteiger partial charge in [-0.05, 0) is 36.0 Å². The molecule has 100 valence electrons. The second-order valence-corrected chi connectivity index (χ2v) is 5.86. The number of unbranched alkanes of at least 4 members (excludes halogenated alkanes) is 1. The van der Waals surface area contributed by atoms with Crippen LogP contribution in [0.2, 0.25) is 0 Å². The van der Waals surface area contributed by atoms with Crippen molar-refractivity contribution in [3.63, 3.8) is 0 Å². The molecule has 0 aliphatic heterocycles. The van der Waals surface area contributed by atoms with E-state index in [1.165, 1.54) is 5.56 Å². The lowest BCUT2D eigenvalue weighted by molar-refractivity contribution is 0.0953. The van der Waals surface area contributed by atoms with Gasteiger partial charge in [0, 0.05) is 18.0 Å². The van der Waals surface area contributed by atoms with E-state index >= 15 is 0 Å². The number of nitrogens with one attached hydrogen (secondary N) is 1. The molecule has 1 aromatic rings. The molecule has 0 saturated carbocycles. The lowest BCUT2D eigenvalue weighted by Crippen LogP contribution is -2.24. The fourth-order valence-electron chi connectivity index (χ4n) is 1.65. The summed E-state index contributed by atoms with van der Waals surface area (Å²) >= 11 is 5.58. The van der Waals surface area contributed by atoms with Crippen LogP contribution in [-0.4, -0.2) is 18.3 Å². The monoisotopic (exact) mass is 267 g/mol. The summed E-state index contributed by atoms with van der Waals surface area (Å²) in [5, 5.41) is 2.89. The molecule has 1 N–H and O–H groups in total. The highest BCUT2D eigenvalue weighted by atomic mass is 35.5. The van der Waals surface area contributed by atoms with Crippen molar-refractivity contribution < 1.29 is 4.79 Å². The Kier molecular flexibility index (Phi) is 5.67. The van der Waals surface area contributed by atoms with Crippen molar-refractivity contribution in [2.24, 2.45) is 0 Å². The van der Waals surface area contributed by atoms with Gasteiger partial charge in [0.05, 0.1) is 0 Å². The minimum absolute atomic E-state index is 0.00923. The van der Waals surface area contributed by atoms with Crippen LogP contribution in [0.1, 0.15) is 49.5 Å². The molecule has 0 fully saturated rings. The Morgan fingerprint density at radius 2 is 1.78 bits per heavy atom. The average molecular weight is 268 g/mol. The maximum Gasteiger partial charge on any atom is 0.251 e. The molecule has 1 rings (SSSR count). The summed E-state index contributed by atoms with van der Waals surface area (Å²) in [6.07, 6.45) is 1.86. The summed E-state index contributed by atoms with van der Waals surface area (Å²) in [5.74, 6) is 0.640. The molecule has 0 spiro atoms. The fourth-order valence-corrected chi connectivity index (χ4v) is 1.83. The Labute approximate surface area is 115 Å². The molecule has 2 nitrogen and oxygen atoms in total. The minimum atomic E-state index is -0.00923. The molecule has 0 saturated heterocycles. The Balaban J connectivity index is 2.54. The van der Waals surface area contributed by atoms with Crippen molar-refractivity contribution in [1.29, 1.82) is 0 Å². The first-order valence-corrected chi connectivity index (χ1v) is 6.93.